The van der Waals surface area contributed by atoms with Gasteiger partial charge in [-0.1, -0.05) is 32.0 Å². The van der Waals surface area contributed by atoms with Crippen molar-refractivity contribution >= 4 is 41.3 Å². The third-order valence-corrected chi connectivity index (χ3v) is 5.51. The van der Waals surface area contributed by atoms with E-state index in [-0.39, 0.29) is 24.0 Å². The molecule has 1 aromatic heterocycles. The van der Waals surface area contributed by atoms with Gasteiger partial charge in [0.25, 0.3) is 0 Å². The third-order valence-electron chi connectivity index (χ3n) is 4.31. The Morgan fingerprint density at radius 3 is 2.67 bits per heavy atom. The molecule has 0 amide bonds. The Kier molecular flexibility index (Phi) is 8.82. The van der Waals surface area contributed by atoms with E-state index < -0.39 is 0 Å². The lowest BCUT2D eigenvalue weighted by atomic mass is 10.2. The number of para-hydroxylation sites is 1. The minimum absolute atomic E-state index is 0. The number of halogens is 1. The van der Waals surface area contributed by atoms with Crippen LogP contribution >= 0.6 is 35.3 Å². The van der Waals surface area contributed by atoms with Crippen molar-refractivity contribution in [2.45, 2.75) is 45.7 Å². The number of thiazole rings is 1. The Morgan fingerprint density at radius 1 is 1.26 bits per heavy atom. The first-order valence-electron chi connectivity index (χ1n) is 9.25. The summed E-state index contributed by atoms with van der Waals surface area (Å²) in [6.07, 6.45) is 2.60. The second-order valence-electron chi connectivity index (χ2n) is 6.97. The predicted octanol–water partition coefficient (Wildman–Crippen LogP) is 4.54. The minimum atomic E-state index is 0. The Hall–Kier alpha value is -1.35. The lowest BCUT2D eigenvalue weighted by molar-refractivity contribution is 0.296. The zero-order valence-electron chi connectivity index (χ0n) is 16.2. The zero-order chi connectivity index (χ0) is 18.4. The van der Waals surface area contributed by atoms with E-state index in [1.807, 2.05) is 18.2 Å². The van der Waals surface area contributed by atoms with Crippen LogP contribution in [0, 0.1) is 5.92 Å². The van der Waals surface area contributed by atoms with Crippen molar-refractivity contribution in [3.8, 4) is 5.75 Å². The summed E-state index contributed by atoms with van der Waals surface area (Å²) in [6.45, 7) is 6.50. The van der Waals surface area contributed by atoms with Crippen molar-refractivity contribution in [1.82, 2.24) is 15.6 Å². The summed E-state index contributed by atoms with van der Waals surface area (Å²) in [5, 5.41) is 9.97. The molecule has 0 bridgehead atoms. The molecule has 27 heavy (non-hydrogen) atoms. The van der Waals surface area contributed by atoms with Gasteiger partial charge < -0.3 is 15.4 Å². The van der Waals surface area contributed by atoms with Gasteiger partial charge in [-0.25, -0.2) is 4.98 Å². The number of ether oxygens (including phenoxy) is 1. The summed E-state index contributed by atoms with van der Waals surface area (Å²) in [4.78, 5) is 8.95. The van der Waals surface area contributed by atoms with Crippen molar-refractivity contribution in [3.05, 3.63) is 45.9 Å². The zero-order valence-corrected chi connectivity index (χ0v) is 19.3. The molecule has 0 unspecified atom stereocenters. The van der Waals surface area contributed by atoms with Gasteiger partial charge in [-0.15, -0.1) is 35.3 Å². The quantitative estimate of drug-likeness (QED) is 0.318. The molecule has 1 fully saturated rings. The molecule has 1 saturated carbocycles. The summed E-state index contributed by atoms with van der Waals surface area (Å²) < 4.78 is 5.97. The average molecular weight is 500 g/mol. The van der Waals surface area contributed by atoms with Crippen LogP contribution in [0.25, 0.3) is 0 Å². The van der Waals surface area contributed by atoms with E-state index in [9.17, 15) is 0 Å². The Bertz CT molecular complexity index is 743. The Morgan fingerprint density at radius 2 is 2.00 bits per heavy atom. The first-order valence-corrected chi connectivity index (χ1v) is 10.1. The second kappa shape index (κ2) is 10.8. The first kappa shape index (κ1) is 21.9. The van der Waals surface area contributed by atoms with Crippen LogP contribution in [-0.4, -0.2) is 24.6 Å². The van der Waals surface area contributed by atoms with Crippen LogP contribution in [0.4, 0.5) is 0 Å². The van der Waals surface area contributed by atoms with E-state index in [1.54, 1.807) is 18.4 Å². The molecule has 5 nitrogen and oxygen atoms in total. The van der Waals surface area contributed by atoms with Gasteiger partial charge in [0.05, 0.1) is 23.9 Å². The van der Waals surface area contributed by atoms with Crippen LogP contribution in [0.1, 0.15) is 48.9 Å². The summed E-state index contributed by atoms with van der Waals surface area (Å²) in [5.74, 6) is 2.95. The fraction of sp³-hybridized carbons (Fsp3) is 0.500. The number of rotatable bonds is 8. The topological polar surface area (TPSA) is 58.5 Å². The maximum absolute atomic E-state index is 5.97. The minimum Gasteiger partial charge on any atom is -0.493 e. The van der Waals surface area contributed by atoms with Gasteiger partial charge in [-0.05, 0) is 24.8 Å². The van der Waals surface area contributed by atoms with E-state index >= 15 is 0 Å². The Balaban J connectivity index is 0.00000261. The SMILES string of the molecule is CN=C(NCc1csc(C(C)C)n1)NCc1ccccc1OCC1CC1.I. The van der Waals surface area contributed by atoms with E-state index in [2.05, 4.69) is 45.9 Å². The standard InChI is InChI=1S/C20H28N4OS.HI/c1-14(2)19-24-17(13-26-19)11-23-20(21-3)22-10-16-6-4-5-7-18(16)25-12-15-8-9-15;/h4-7,13-15H,8-12H2,1-3H3,(H2,21,22,23);1H. The summed E-state index contributed by atoms with van der Waals surface area (Å²) >= 11 is 1.71. The molecular formula is C20H29IN4OS. The van der Waals surface area contributed by atoms with Crippen molar-refractivity contribution in [1.29, 1.82) is 0 Å². The van der Waals surface area contributed by atoms with Gasteiger partial charge in [-0.2, -0.15) is 0 Å². The van der Waals surface area contributed by atoms with Crippen LogP contribution in [0.3, 0.4) is 0 Å². The number of nitrogens with one attached hydrogen (secondary N) is 2. The molecule has 7 heteroatoms. The van der Waals surface area contributed by atoms with Crippen molar-refractivity contribution in [3.63, 3.8) is 0 Å². The molecule has 1 aliphatic rings. The lowest BCUT2D eigenvalue weighted by Crippen LogP contribution is -2.36. The Labute approximate surface area is 183 Å². The van der Waals surface area contributed by atoms with Gasteiger partial charge >= 0.3 is 0 Å². The van der Waals surface area contributed by atoms with E-state index in [4.69, 9.17) is 4.74 Å². The number of hydrogen-bond acceptors (Lipinski definition) is 4. The van der Waals surface area contributed by atoms with Gasteiger partial charge in [0.2, 0.25) is 0 Å². The number of benzene rings is 1. The smallest absolute Gasteiger partial charge is 0.191 e. The van der Waals surface area contributed by atoms with Crippen LogP contribution in [0.2, 0.25) is 0 Å². The van der Waals surface area contributed by atoms with E-state index in [0.717, 1.165) is 35.5 Å². The number of guanidine groups is 1. The summed E-state index contributed by atoms with van der Waals surface area (Å²) in [6, 6.07) is 8.20. The van der Waals surface area contributed by atoms with Gasteiger partial charge in [0, 0.05) is 30.5 Å². The van der Waals surface area contributed by atoms with E-state index in [0.29, 0.717) is 19.0 Å². The highest BCUT2D eigenvalue weighted by molar-refractivity contribution is 14.0. The molecule has 148 valence electrons. The molecule has 0 aliphatic heterocycles. The number of aliphatic imine (C=N–C) groups is 1. The number of nitrogens with zero attached hydrogens (tertiary/aromatic N) is 2. The number of hydrogen-bond donors (Lipinski definition) is 2. The molecule has 0 spiro atoms. The maximum Gasteiger partial charge on any atom is 0.191 e. The highest BCUT2D eigenvalue weighted by atomic mass is 127. The van der Waals surface area contributed by atoms with Gasteiger partial charge in [0.1, 0.15) is 5.75 Å². The molecule has 2 N–H and O–H groups in total. The van der Waals surface area contributed by atoms with Crippen molar-refractivity contribution in [2.75, 3.05) is 13.7 Å². The largest absolute Gasteiger partial charge is 0.493 e. The average Bonchev–Trinajstić information content (AvgIpc) is 3.36. The molecule has 0 saturated heterocycles. The first-order chi connectivity index (χ1) is 12.7. The molecule has 2 aromatic rings. The highest BCUT2D eigenvalue weighted by Gasteiger charge is 2.22. The molecule has 1 aromatic carbocycles. The molecule has 1 heterocycles. The predicted molar refractivity (Wildman–Crippen MR) is 123 cm³/mol. The molecular weight excluding hydrogens is 471 g/mol. The van der Waals surface area contributed by atoms with Crippen LogP contribution in [0.15, 0.2) is 34.6 Å². The van der Waals surface area contributed by atoms with Crippen molar-refractivity contribution < 1.29 is 4.74 Å². The van der Waals surface area contributed by atoms with Crippen LogP contribution in [0.5, 0.6) is 5.75 Å². The fourth-order valence-electron chi connectivity index (χ4n) is 2.53. The van der Waals surface area contributed by atoms with Crippen molar-refractivity contribution in [2.24, 2.45) is 10.9 Å². The molecule has 1 aliphatic carbocycles. The molecule has 3 rings (SSSR count). The second-order valence-corrected chi connectivity index (χ2v) is 7.86. The van der Waals surface area contributed by atoms with E-state index in [1.165, 1.54) is 17.8 Å². The lowest BCUT2D eigenvalue weighted by Gasteiger charge is -2.14. The summed E-state index contributed by atoms with van der Waals surface area (Å²) in [5.41, 5.74) is 2.20. The van der Waals surface area contributed by atoms with Crippen LogP contribution in [-0.2, 0) is 13.1 Å². The van der Waals surface area contributed by atoms with Gasteiger partial charge in [0.15, 0.2) is 5.96 Å². The highest BCUT2D eigenvalue weighted by Crippen LogP contribution is 2.30. The fourth-order valence-corrected chi connectivity index (χ4v) is 3.36. The summed E-state index contributed by atoms with van der Waals surface area (Å²) in [7, 11) is 1.78. The number of aromatic nitrogens is 1. The third kappa shape index (κ3) is 6.95. The molecule has 0 atom stereocenters. The monoisotopic (exact) mass is 500 g/mol. The normalized spacial score (nSPS) is 14.0. The maximum atomic E-state index is 5.97. The van der Waals surface area contributed by atoms with Gasteiger partial charge in [-0.3, -0.25) is 4.99 Å². The van der Waals surface area contributed by atoms with Crippen LogP contribution < -0.4 is 15.4 Å². The molecule has 0 radical (unpaired) electrons.